The summed E-state index contributed by atoms with van der Waals surface area (Å²) < 4.78 is 5.94. The molecule has 0 saturated heterocycles. The standard InChI is InChI=1S/C18H23NO.ClH/c1-13(2)12-20-17-11-14(3)9-10-16(17)18(19)15-7-5-4-6-8-15;/h4-11,13,18H,12,19H2,1-3H3;1H. The molecule has 0 aliphatic carbocycles. The minimum absolute atomic E-state index is 0. The van der Waals surface area contributed by atoms with E-state index < -0.39 is 0 Å². The molecule has 21 heavy (non-hydrogen) atoms. The van der Waals surface area contributed by atoms with Crippen LogP contribution in [0.15, 0.2) is 48.5 Å². The van der Waals surface area contributed by atoms with Crippen molar-refractivity contribution in [2.24, 2.45) is 11.7 Å². The van der Waals surface area contributed by atoms with Crippen LogP contribution in [-0.2, 0) is 0 Å². The van der Waals surface area contributed by atoms with E-state index in [4.69, 9.17) is 10.5 Å². The number of rotatable bonds is 5. The second-order valence-corrected chi connectivity index (χ2v) is 5.63. The molecule has 0 spiro atoms. The fourth-order valence-corrected chi connectivity index (χ4v) is 2.12. The molecule has 1 atom stereocenters. The van der Waals surface area contributed by atoms with Crippen molar-refractivity contribution in [3.05, 3.63) is 65.2 Å². The van der Waals surface area contributed by atoms with Gasteiger partial charge in [-0.2, -0.15) is 0 Å². The minimum Gasteiger partial charge on any atom is -0.493 e. The van der Waals surface area contributed by atoms with Gasteiger partial charge in [0.2, 0.25) is 0 Å². The van der Waals surface area contributed by atoms with Crippen LogP contribution in [-0.4, -0.2) is 6.61 Å². The zero-order valence-electron chi connectivity index (χ0n) is 12.9. The van der Waals surface area contributed by atoms with Crippen LogP contribution in [0.2, 0.25) is 0 Å². The van der Waals surface area contributed by atoms with Gasteiger partial charge in [-0.3, -0.25) is 0 Å². The van der Waals surface area contributed by atoms with E-state index >= 15 is 0 Å². The summed E-state index contributed by atoms with van der Waals surface area (Å²) >= 11 is 0. The third-order valence-corrected chi connectivity index (χ3v) is 3.23. The van der Waals surface area contributed by atoms with Crippen molar-refractivity contribution in [2.45, 2.75) is 26.8 Å². The Balaban J connectivity index is 0.00000220. The number of aryl methyl sites for hydroxylation is 1. The van der Waals surface area contributed by atoms with Crippen LogP contribution in [0.5, 0.6) is 5.75 Å². The van der Waals surface area contributed by atoms with Crippen LogP contribution >= 0.6 is 12.4 Å². The van der Waals surface area contributed by atoms with E-state index in [1.165, 1.54) is 5.56 Å². The lowest BCUT2D eigenvalue weighted by molar-refractivity contribution is 0.267. The molecule has 2 N–H and O–H groups in total. The van der Waals surface area contributed by atoms with Crippen molar-refractivity contribution in [1.29, 1.82) is 0 Å². The SMILES string of the molecule is Cc1ccc(C(N)c2ccccc2)c(OCC(C)C)c1.Cl. The minimum atomic E-state index is -0.154. The Morgan fingerprint density at radius 1 is 1.05 bits per heavy atom. The van der Waals surface area contributed by atoms with Crippen LogP contribution in [0.25, 0.3) is 0 Å². The summed E-state index contributed by atoms with van der Waals surface area (Å²) in [5.41, 5.74) is 9.73. The highest BCUT2D eigenvalue weighted by Crippen LogP contribution is 2.29. The Morgan fingerprint density at radius 2 is 1.71 bits per heavy atom. The first kappa shape index (κ1) is 17.5. The summed E-state index contributed by atoms with van der Waals surface area (Å²) in [6.07, 6.45) is 0. The highest BCUT2D eigenvalue weighted by molar-refractivity contribution is 5.85. The lowest BCUT2D eigenvalue weighted by Crippen LogP contribution is -2.15. The molecular weight excluding hydrogens is 282 g/mol. The van der Waals surface area contributed by atoms with Crippen molar-refractivity contribution in [2.75, 3.05) is 6.61 Å². The van der Waals surface area contributed by atoms with Gasteiger partial charge in [0.25, 0.3) is 0 Å². The van der Waals surface area contributed by atoms with Gasteiger partial charge in [-0.25, -0.2) is 0 Å². The van der Waals surface area contributed by atoms with Crippen molar-refractivity contribution in [3.63, 3.8) is 0 Å². The average Bonchev–Trinajstić information content (AvgIpc) is 2.45. The van der Waals surface area contributed by atoms with Gasteiger partial charge in [0.05, 0.1) is 12.6 Å². The zero-order chi connectivity index (χ0) is 14.5. The summed E-state index contributed by atoms with van der Waals surface area (Å²) in [6.45, 7) is 7.07. The first-order chi connectivity index (χ1) is 9.58. The molecule has 0 fully saturated rings. The van der Waals surface area contributed by atoms with Crippen molar-refractivity contribution >= 4 is 12.4 Å². The van der Waals surface area contributed by atoms with E-state index in [9.17, 15) is 0 Å². The number of halogens is 1. The summed E-state index contributed by atoms with van der Waals surface area (Å²) in [5.74, 6) is 1.39. The van der Waals surface area contributed by atoms with Crippen molar-refractivity contribution in [1.82, 2.24) is 0 Å². The maximum absolute atomic E-state index is 6.39. The van der Waals surface area contributed by atoms with Crippen molar-refractivity contribution < 1.29 is 4.74 Å². The molecule has 0 aliphatic heterocycles. The Kier molecular flexibility index (Phi) is 6.73. The molecule has 0 aliphatic rings. The number of ether oxygens (including phenoxy) is 1. The molecule has 0 aromatic heterocycles. The summed E-state index contributed by atoms with van der Waals surface area (Å²) in [6, 6.07) is 16.2. The third kappa shape index (κ3) is 4.76. The van der Waals surface area contributed by atoms with Crippen LogP contribution in [0.4, 0.5) is 0 Å². The quantitative estimate of drug-likeness (QED) is 0.882. The van der Waals surface area contributed by atoms with Crippen LogP contribution < -0.4 is 10.5 Å². The molecule has 0 bridgehead atoms. The van der Waals surface area contributed by atoms with Gasteiger partial charge in [0, 0.05) is 5.56 Å². The van der Waals surface area contributed by atoms with Crippen LogP contribution in [0.3, 0.4) is 0 Å². The molecule has 3 heteroatoms. The van der Waals surface area contributed by atoms with E-state index in [1.54, 1.807) is 0 Å². The van der Waals surface area contributed by atoms with Gasteiger partial charge in [-0.1, -0.05) is 56.3 Å². The largest absolute Gasteiger partial charge is 0.493 e. The molecule has 0 heterocycles. The fourth-order valence-electron chi connectivity index (χ4n) is 2.12. The summed E-state index contributed by atoms with van der Waals surface area (Å²) in [4.78, 5) is 0. The lowest BCUT2D eigenvalue weighted by atomic mass is 9.97. The molecule has 0 amide bonds. The molecule has 2 rings (SSSR count). The van der Waals surface area contributed by atoms with E-state index in [0.29, 0.717) is 12.5 Å². The second-order valence-electron chi connectivity index (χ2n) is 5.63. The Morgan fingerprint density at radius 3 is 2.33 bits per heavy atom. The zero-order valence-corrected chi connectivity index (χ0v) is 13.7. The molecule has 0 saturated carbocycles. The second kappa shape index (κ2) is 8.06. The molecule has 2 aromatic carbocycles. The molecule has 114 valence electrons. The monoisotopic (exact) mass is 305 g/mol. The fraction of sp³-hybridized carbons (Fsp3) is 0.333. The Labute approximate surface area is 133 Å². The Hall–Kier alpha value is -1.51. The van der Waals surface area contributed by atoms with Crippen molar-refractivity contribution in [3.8, 4) is 5.75 Å². The maximum atomic E-state index is 6.39. The lowest BCUT2D eigenvalue weighted by Gasteiger charge is -2.19. The van der Waals surface area contributed by atoms with E-state index in [1.807, 2.05) is 18.2 Å². The Bertz CT molecular complexity index is 554. The molecule has 0 radical (unpaired) electrons. The van der Waals surface area contributed by atoms with Gasteiger partial charge in [-0.05, 0) is 30.0 Å². The maximum Gasteiger partial charge on any atom is 0.124 e. The normalized spacial score (nSPS) is 11.9. The predicted molar refractivity (Wildman–Crippen MR) is 91.2 cm³/mol. The number of hydrogen-bond acceptors (Lipinski definition) is 2. The summed E-state index contributed by atoms with van der Waals surface area (Å²) in [5, 5.41) is 0. The van der Waals surface area contributed by atoms with Crippen LogP contribution in [0.1, 0.15) is 36.6 Å². The number of benzene rings is 2. The highest BCUT2D eigenvalue weighted by atomic mass is 35.5. The van der Waals surface area contributed by atoms with E-state index in [2.05, 4.69) is 51.1 Å². The van der Waals surface area contributed by atoms with Gasteiger partial charge < -0.3 is 10.5 Å². The summed E-state index contributed by atoms with van der Waals surface area (Å²) in [7, 11) is 0. The number of hydrogen-bond donors (Lipinski definition) is 1. The highest BCUT2D eigenvalue weighted by Gasteiger charge is 2.14. The first-order valence-corrected chi connectivity index (χ1v) is 7.12. The van der Waals surface area contributed by atoms with Gasteiger partial charge in [0.15, 0.2) is 0 Å². The van der Waals surface area contributed by atoms with Gasteiger partial charge >= 0.3 is 0 Å². The topological polar surface area (TPSA) is 35.2 Å². The molecule has 2 nitrogen and oxygen atoms in total. The molecule has 1 unspecified atom stereocenters. The van der Waals surface area contributed by atoms with Gasteiger partial charge in [0.1, 0.15) is 5.75 Å². The van der Waals surface area contributed by atoms with E-state index in [-0.39, 0.29) is 18.4 Å². The molecular formula is C18H24ClNO. The van der Waals surface area contributed by atoms with Gasteiger partial charge in [-0.15, -0.1) is 12.4 Å². The predicted octanol–water partition coefficient (Wildman–Crippen LogP) is 4.50. The van der Waals surface area contributed by atoms with E-state index in [0.717, 1.165) is 16.9 Å². The average molecular weight is 306 g/mol. The number of nitrogens with two attached hydrogens (primary N) is 1. The van der Waals surface area contributed by atoms with Crippen LogP contribution in [0, 0.1) is 12.8 Å². The first-order valence-electron chi connectivity index (χ1n) is 7.12. The third-order valence-electron chi connectivity index (χ3n) is 3.23. The smallest absolute Gasteiger partial charge is 0.124 e. The molecule has 2 aromatic rings.